The summed E-state index contributed by atoms with van der Waals surface area (Å²) in [7, 11) is 0. The maximum atomic E-state index is 12.0. The number of nitrogens with two attached hydrogens (primary N) is 1. The molecule has 0 aliphatic carbocycles. The molecule has 0 saturated heterocycles. The first-order valence-electron chi connectivity index (χ1n) is 8.54. The van der Waals surface area contributed by atoms with Gasteiger partial charge < -0.3 is 16.4 Å². The van der Waals surface area contributed by atoms with Crippen molar-refractivity contribution in [1.82, 2.24) is 5.32 Å². The van der Waals surface area contributed by atoms with Crippen molar-refractivity contribution in [3.8, 4) is 0 Å². The lowest BCUT2D eigenvalue weighted by Crippen LogP contribution is -2.27. The summed E-state index contributed by atoms with van der Waals surface area (Å²) < 4.78 is 0. The minimum absolute atomic E-state index is 0.0125. The maximum Gasteiger partial charge on any atom is 0.224 e. The van der Waals surface area contributed by atoms with Gasteiger partial charge in [-0.05, 0) is 29.7 Å². The van der Waals surface area contributed by atoms with Crippen LogP contribution in [0.3, 0.4) is 0 Å². The fourth-order valence-corrected chi connectivity index (χ4v) is 2.45. The van der Waals surface area contributed by atoms with Gasteiger partial charge in [-0.2, -0.15) is 0 Å². The van der Waals surface area contributed by atoms with Crippen LogP contribution in [0.1, 0.15) is 43.4 Å². The van der Waals surface area contributed by atoms with Gasteiger partial charge in [-0.25, -0.2) is 0 Å². The third-order valence-corrected chi connectivity index (χ3v) is 3.84. The molecule has 0 radical (unpaired) electrons. The van der Waals surface area contributed by atoms with Gasteiger partial charge in [0, 0.05) is 31.1 Å². The molecule has 2 amide bonds. The first kappa shape index (κ1) is 18.7. The van der Waals surface area contributed by atoms with E-state index < -0.39 is 0 Å². The number of anilines is 1. The molecule has 5 nitrogen and oxygen atoms in total. The molecule has 0 saturated carbocycles. The fourth-order valence-electron chi connectivity index (χ4n) is 2.45. The topological polar surface area (TPSA) is 84.2 Å². The van der Waals surface area contributed by atoms with Crippen molar-refractivity contribution >= 4 is 17.5 Å². The van der Waals surface area contributed by atoms with Crippen molar-refractivity contribution in [2.45, 2.75) is 38.8 Å². The van der Waals surface area contributed by atoms with Crippen LogP contribution in [-0.2, 0) is 16.1 Å². The molecule has 0 spiro atoms. The Kier molecular flexibility index (Phi) is 7.16. The molecule has 2 aromatic rings. The standard InChI is InChI=1S/C20H25N3O2/c1-2-6-19(24)23-17-11-9-15(10-12-17)14-22-20(25)13-18(21)16-7-4-3-5-8-16/h3-5,7-12,18H,2,6,13-14,21H2,1H3,(H,22,25)(H,23,24). The smallest absolute Gasteiger partial charge is 0.224 e. The van der Waals surface area contributed by atoms with Crippen LogP contribution < -0.4 is 16.4 Å². The fraction of sp³-hybridized carbons (Fsp3) is 0.300. The summed E-state index contributed by atoms with van der Waals surface area (Å²) in [5.74, 6) is -0.0740. The van der Waals surface area contributed by atoms with Crippen molar-refractivity contribution in [3.63, 3.8) is 0 Å². The van der Waals surface area contributed by atoms with E-state index in [0.29, 0.717) is 13.0 Å². The molecule has 1 unspecified atom stereocenters. The second-order valence-corrected chi connectivity index (χ2v) is 5.99. The summed E-state index contributed by atoms with van der Waals surface area (Å²) >= 11 is 0. The highest BCUT2D eigenvalue weighted by Crippen LogP contribution is 2.14. The van der Waals surface area contributed by atoms with E-state index >= 15 is 0 Å². The van der Waals surface area contributed by atoms with E-state index in [1.165, 1.54) is 0 Å². The molecule has 25 heavy (non-hydrogen) atoms. The molecular formula is C20H25N3O2. The number of carbonyl (C=O) groups is 2. The van der Waals surface area contributed by atoms with E-state index in [2.05, 4.69) is 10.6 Å². The van der Waals surface area contributed by atoms with Crippen molar-refractivity contribution in [3.05, 3.63) is 65.7 Å². The van der Waals surface area contributed by atoms with E-state index in [1.807, 2.05) is 61.5 Å². The quantitative estimate of drug-likeness (QED) is 0.691. The number of hydrogen-bond donors (Lipinski definition) is 3. The van der Waals surface area contributed by atoms with Crippen LogP contribution >= 0.6 is 0 Å². The highest BCUT2D eigenvalue weighted by atomic mass is 16.2. The van der Waals surface area contributed by atoms with Crippen LogP contribution in [0, 0.1) is 0 Å². The van der Waals surface area contributed by atoms with E-state index in [9.17, 15) is 9.59 Å². The summed E-state index contributed by atoms with van der Waals surface area (Å²) in [6.45, 7) is 2.40. The number of rotatable bonds is 8. The number of hydrogen-bond acceptors (Lipinski definition) is 3. The average molecular weight is 339 g/mol. The van der Waals surface area contributed by atoms with Gasteiger partial charge in [-0.3, -0.25) is 9.59 Å². The van der Waals surface area contributed by atoms with Crippen molar-refractivity contribution in [2.24, 2.45) is 5.73 Å². The molecule has 0 bridgehead atoms. The van der Waals surface area contributed by atoms with Gasteiger partial charge in [0.25, 0.3) is 0 Å². The lowest BCUT2D eigenvalue weighted by Gasteiger charge is -2.12. The third kappa shape index (κ3) is 6.39. The lowest BCUT2D eigenvalue weighted by atomic mass is 10.0. The van der Waals surface area contributed by atoms with E-state index in [4.69, 9.17) is 5.73 Å². The SMILES string of the molecule is CCCC(=O)Nc1ccc(CNC(=O)CC(N)c2ccccc2)cc1. The summed E-state index contributed by atoms with van der Waals surface area (Å²) in [6.07, 6.45) is 1.58. The summed E-state index contributed by atoms with van der Waals surface area (Å²) in [5, 5.41) is 5.71. The molecular weight excluding hydrogens is 314 g/mol. The molecule has 2 rings (SSSR count). The van der Waals surface area contributed by atoms with Gasteiger partial charge in [0.05, 0.1) is 0 Å². The van der Waals surface area contributed by atoms with Crippen LogP contribution in [0.4, 0.5) is 5.69 Å². The summed E-state index contributed by atoms with van der Waals surface area (Å²) in [6, 6.07) is 16.7. The number of benzene rings is 2. The number of carbonyl (C=O) groups excluding carboxylic acids is 2. The van der Waals surface area contributed by atoms with Gasteiger partial charge in [0.2, 0.25) is 11.8 Å². The minimum atomic E-state index is -0.308. The van der Waals surface area contributed by atoms with E-state index in [-0.39, 0.29) is 24.3 Å². The molecule has 1 atom stereocenters. The van der Waals surface area contributed by atoms with Gasteiger partial charge in [-0.15, -0.1) is 0 Å². The normalized spacial score (nSPS) is 11.6. The Morgan fingerprint density at radius 3 is 2.32 bits per heavy atom. The predicted octanol–water partition coefficient (Wildman–Crippen LogP) is 3.13. The minimum Gasteiger partial charge on any atom is -0.352 e. The molecule has 2 aromatic carbocycles. The van der Waals surface area contributed by atoms with Crippen molar-refractivity contribution < 1.29 is 9.59 Å². The molecule has 0 fully saturated rings. The van der Waals surface area contributed by atoms with Crippen LogP contribution in [0.15, 0.2) is 54.6 Å². The highest BCUT2D eigenvalue weighted by molar-refractivity contribution is 5.90. The Hall–Kier alpha value is -2.66. The average Bonchev–Trinajstić information content (AvgIpc) is 2.62. The second kappa shape index (κ2) is 9.59. The van der Waals surface area contributed by atoms with Crippen LogP contribution in [0.2, 0.25) is 0 Å². The molecule has 0 heterocycles. The molecule has 0 aliphatic rings. The molecule has 0 aliphatic heterocycles. The number of nitrogens with one attached hydrogen (secondary N) is 2. The summed E-state index contributed by atoms with van der Waals surface area (Å²) in [5.41, 5.74) is 8.73. The highest BCUT2D eigenvalue weighted by Gasteiger charge is 2.11. The van der Waals surface area contributed by atoms with E-state index in [0.717, 1.165) is 23.2 Å². The second-order valence-electron chi connectivity index (χ2n) is 5.99. The first-order chi connectivity index (χ1) is 12.1. The molecule has 132 valence electrons. The largest absolute Gasteiger partial charge is 0.352 e. The van der Waals surface area contributed by atoms with Crippen LogP contribution in [-0.4, -0.2) is 11.8 Å². The lowest BCUT2D eigenvalue weighted by molar-refractivity contribution is -0.121. The Balaban J connectivity index is 1.78. The Bertz CT molecular complexity index is 684. The zero-order valence-corrected chi connectivity index (χ0v) is 14.5. The van der Waals surface area contributed by atoms with Crippen molar-refractivity contribution in [2.75, 3.05) is 5.32 Å². The zero-order valence-electron chi connectivity index (χ0n) is 14.5. The molecule has 4 N–H and O–H groups in total. The Morgan fingerprint density at radius 1 is 1.00 bits per heavy atom. The predicted molar refractivity (Wildman–Crippen MR) is 99.8 cm³/mol. The molecule has 0 aromatic heterocycles. The first-order valence-corrected chi connectivity index (χ1v) is 8.54. The van der Waals surface area contributed by atoms with Gasteiger partial charge in [0.1, 0.15) is 0 Å². The van der Waals surface area contributed by atoms with Crippen LogP contribution in [0.5, 0.6) is 0 Å². The molecule has 5 heteroatoms. The van der Waals surface area contributed by atoms with Crippen molar-refractivity contribution in [1.29, 1.82) is 0 Å². The Labute approximate surface area is 148 Å². The monoisotopic (exact) mass is 339 g/mol. The van der Waals surface area contributed by atoms with E-state index in [1.54, 1.807) is 0 Å². The third-order valence-electron chi connectivity index (χ3n) is 3.84. The number of amides is 2. The Morgan fingerprint density at radius 2 is 1.68 bits per heavy atom. The maximum absolute atomic E-state index is 12.0. The van der Waals surface area contributed by atoms with Gasteiger partial charge in [0.15, 0.2) is 0 Å². The summed E-state index contributed by atoms with van der Waals surface area (Å²) in [4.78, 5) is 23.6. The van der Waals surface area contributed by atoms with Gasteiger partial charge >= 0.3 is 0 Å². The van der Waals surface area contributed by atoms with Gasteiger partial charge in [-0.1, -0.05) is 49.4 Å². The van der Waals surface area contributed by atoms with Crippen LogP contribution in [0.25, 0.3) is 0 Å². The zero-order chi connectivity index (χ0) is 18.1.